The van der Waals surface area contributed by atoms with E-state index in [0.717, 1.165) is 23.4 Å². The summed E-state index contributed by atoms with van der Waals surface area (Å²) in [5.41, 5.74) is 3.04. The van der Waals surface area contributed by atoms with Crippen LogP contribution in [0.3, 0.4) is 0 Å². The highest BCUT2D eigenvalue weighted by Crippen LogP contribution is 2.26. The van der Waals surface area contributed by atoms with Crippen LogP contribution >= 0.6 is 15.9 Å². The zero-order valence-electron chi connectivity index (χ0n) is 10.1. The molecule has 1 unspecified atom stereocenters. The first-order valence-corrected chi connectivity index (χ1v) is 6.57. The highest BCUT2D eigenvalue weighted by atomic mass is 79.9. The van der Waals surface area contributed by atoms with Gasteiger partial charge in [0.15, 0.2) is 0 Å². The summed E-state index contributed by atoms with van der Waals surface area (Å²) in [6, 6.07) is 7.39. The van der Waals surface area contributed by atoms with Gasteiger partial charge in [-0.15, -0.1) is 0 Å². The largest absolute Gasteiger partial charge is 0.427 e. The minimum absolute atomic E-state index is 0.279. The fourth-order valence-corrected chi connectivity index (χ4v) is 2.03. The monoisotopic (exact) mass is 307 g/mol. The molecule has 1 aliphatic heterocycles. The van der Waals surface area contributed by atoms with Crippen molar-refractivity contribution < 1.29 is 9.53 Å². The molecule has 0 saturated carbocycles. The molecule has 1 aromatic rings. The highest BCUT2D eigenvalue weighted by molar-refractivity contribution is 9.09. The van der Waals surface area contributed by atoms with E-state index in [-0.39, 0.29) is 10.8 Å². The van der Waals surface area contributed by atoms with Crippen molar-refractivity contribution in [3.8, 4) is 5.75 Å². The van der Waals surface area contributed by atoms with E-state index in [2.05, 4.69) is 33.9 Å². The lowest BCUT2D eigenvalue weighted by Crippen LogP contribution is -2.22. The number of esters is 1. The second-order valence-corrected chi connectivity index (χ2v) is 5.19. The number of carbonyl (C=O) groups excluding carboxylic acids is 1. The number of halogens is 1. The summed E-state index contributed by atoms with van der Waals surface area (Å²) in [7, 11) is 0. The van der Waals surface area contributed by atoms with E-state index in [0.29, 0.717) is 5.75 Å². The van der Waals surface area contributed by atoms with Crippen LogP contribution in [0.2, 0.25) is 0 Å². The summed E-state index contributed by atoms with van der Waals surface area (Å²) in [6.45, 7) is 5.35. The molecular weight excluding hydrogens is 294 g/mol. The molecule has 94 valence electrons. The second-order valence-electron chi connectivity index (χ2n) is 4.09. The third-order valence-corrected chi connectivity index (χ3v) is 3.56. The van der Waals surface area contributed by atoms with Crippen LogP contribution in [-0.4, -0.2) is 10.8 Å². The van der Waals surface area contributed by atoms with Gasteiger partial charge in [0.1, 0.15) is 5.75 Å². The van der Waals surface area contributed by atoms with Gasteiger partial charge in [-0.05, 0) is 36.2 Å². The molecule has 0 bridgehead atoms. The van der Waals surface area contributed by atoms with Gasteiger partial charge in [0.25, 0.3) is 0 Å². The number of allylic oxidation sites excluding steroid dienone is 2. The van der Waals surface area contributed by atoms with Crippen molar-refractivity contribution in [2.24, 2.45) is 0 Å². The summed E-state index contributed by atoms with van der Waals surface area (Å²) in [6.07, 6.45) is 3.03. The van der Waals surface area contributed by atoms with Crippen LogP contribution in [0.4, 0.5) is 0 Å². The molecule has 1 atom stereocenters. The predicted octanol–water partition coefficient (Wildman–Crippen LogP) is 3.22. The molecule has 0 aliphatic carbocycles. The van der Waals surface area contributed by atoms with E-state index in [1.165, 1.54) is 6.92 Å². The first-order chi connectivity index (χ1) is 8.56. The van der Waals surface area contributed by atoms with Gasteiger partial charge in [0.2, 0.25) is 0 Å². The third kappa shape index (κ3) is 3.01. The first kappa shape index (κ1) is 12.9. The molecule has 0 radical (unpaired) electrons. The molecule has 0 aromatic heterocycles. The van der Waals surface area contributed by atoms with Gasteiger partial charge >= 0.3 is 5.97 Å². The lowest BCUT2D eigenvalue weighted by molar-refractivity contribution is -0.131. The Morgan fingerprint density at radius 3 is 2.67 bits per heavy atom. The van der Waals surface area contributed by atoms with E-state index < -0.39 is 0 Å². The molecule has 1 aliphatic rings. The van der Waals surface area contributed by atoms with Crippen molar-refractivity contribution in [2.75, 3.05) is 0 Å². The lowest BCUT2D eigenvalue weighted by atomic mass is 10.1. The number of hydrogen-bond acceptors (Lipinski definition) is 3. The van der Waals surface area contributed by atoms with Crippen LogP contribution in [0.25, 0.3) is 5.70 Å². The van der Waals surface area contributed by atoms with Crippen LogP contribution in [0.5, 0.6) is 5.75 Å². The predicted molar refractivity (Wildman–Crippen MR) is 75.3 cm³/mol. The Kier molecular flexibility index (Phi) is 3.87. The Labute approximate surface area is 115 Å². The third-order valence-electron chi connectivity index (χ3n) is 2.63. The Morgan fingerprint density at radius 1 is 1.44 bits per heavy atom. The van der Waals surface area contributed by atoms with Crippen LogP contribution in [0.1, 0.15) is 18.9 Å². The number of alkyl halides is 1. The van der Waals surface area contributed by atoms with E-state index in [4.69, 9.17) is 4.74 Å². The average Bonchev–Trinajstić information content (AvgIpc) is 2.33. The Hall–Kier alpha value is -1.55. The number of ether oxygens (including phenoxy) is 1. The normalized spacial score (nSPS) is 18.9. The van der Waals surface area contributed by atoms with Crippen LogP contribution in [0, 0.1) is 0 Å². The van der Waals surface area contributed by atoms with Crippen molar-refractivity contribution in [1.82, 2.24) is 5.32 Å². The zero-order chi connectivity index (χ0) is 13.1. The Balaban J connectivity index is 2.15. The topological polar surface area (TPSA) is 38.3 Å². The number of nitrogens with one attached hydrogen (secondary N) is 1. The molecule has 0 spiro atoms. The van der Waals surface area contributed by atoms with Gasteiger partial charge in [-0.2, -0.15) is 0 Å². The molecule has 0 fully saturated rings. The van der Waals surface area contributed by atoms with E-state index in [1.807, 2.05) is 12.1 Å². The molecule has 0 saturated heterocycles. The fraction of sp³-hybridized carbons (Fsp3) is 0.214. The molecule has 18 heavy (non-hydrogen) atoms. The number of hydrogen-bond donors (Lipinski definition) is 1. The summed E-state index contributed by atoms with van der Waals surface area (Å²) < 4.78 is 4.99. The van der Waals surface area contributed by atoms with Gasteiger partial charge in [0.05, 0.1) is 4.83 Å². The van der Waals surface area contributed by atoms with Crippen molar-refractivity contribution in [3.63, 3.8) is 0 Å². The number of rotatable bonds is 2. The maximum atomic E-state index is 10.8. The van der Waals surface area contributed by atoms with Gasteiger partial charge in [0, 0.05) is 18.3 Å². The summed E-state index contributed by atoms with van der Waals surface area (Å²) in [4.78, 5) is 11.1. The lowest BCUT2D eigenvalue weighted by Gasteiger charge is -2.22. The van der Waals surface area contributed by atoms with Crippen molar-refractivity contribution in [1.29, 1.82) is 0 Å². The van der Waals surface area contributed by atoms with Gasteiger partial charge in [-0.3, -0.25) is 4.79 Å². The summed E-state index contributed by atoms with van der Waals surface area (Å²) in [5.74, 6) is 0.244. The molecule has 1 heterocycles. The van der Waals surface area contributed by atoms with Crippen LogP contribution in [-0.2, 0) is 4.79 Å². The number of benzene rings is 1. The molecule has 1 aromatic carbocycles. The first-order valence-electron chi connectivity index (χ1n) is 5.65. The standard InChI is InChI=1S/C14H14BrNO2/c1-9-13(15)7-8-14(16-9)11-3-5-12(6-4-11)18-10(2)17/h3-6,8,13,16H,1,7H2,2H3. The molecule has 4 heteroatoms. The molecule has 0 amide bonds. The zero-order valence-corrected chi connectivity index (χ0v) is 11.7. The van der Waals surface area contributed by atoms with Crippen LogP contribution in [0.15, 0.2) is 42.6 Å². The van der Waals surface area contributed by atoms with E-state index >= 15 is 0 Å². The quantitative estimate of drug-likeness (QED) is 0.518. The molecule has 1 N–H and O–H groups in total. The smallest absolute Gasteiger partial charge is 0.308 e. The maximum Gasteiger partial charge on any atom is 0.308 e. The average molecular weight is 308 g/mol. The number of carbonyl (C=O) groups is 1. The van der Waals surface area contributed by atoms with Gasteiger partial charge in [-0.1, -0.05) is 28.6 Å². The van der Waals surface area contributed by atoms with E-state index in [9.17, 15) is 4.79 Å². The van der Waals surface area contributed by atoms with E-state index in [1.54, 1.807) is 12.1 Å². The fourth-order valence-electron chi connectivity index (χ4n) is 1.72. The summed E-state index contributed by atoms with van der Waals surface area (Å²) in [5, 5.41) is 3.25. The molecular formula is C14H14BrNO2. The van der Waals surface area contributed by atoms with Crippen molar-refractivity contribution in [3.05, 3.63) is 48.2 Å². The van der Waals surface area contributed by atoms with Crippen molar-refractivity contribution >= 4 is 27.6 Å². The summed E-state index contributed by atoms with van der Waals surface area (Å²) >= 11 is 3.53. The minimum atomic E-state index is -0.312. The Morgan fingerprint density at radius 2 is 2.11 bits per heavy atom. The molecule has 3 nitrogen and oxygen atoms in total. The van der Waals surface area contributed by atoms with Crippen LogP contribution < -0.4 is 10.1 Å². The second kappa shape index (κ2) is 5.40. The SMILES string of the molecule is C=C1NC(c2ccc(OC(C)=O)cc2)=CCC1Br. The maximum absolute atomic E-state index is 10.8. The Bertz CT molecular complexity index is 505. The van der Waals surface area contributed by atoms with Crippen molar-refractivity contribution in [2.45, 2.75) is 18.2 Å². The highest BCUT2D eigenvalue weighted by Gasteiger charge is 2.15. The minimum Gasteiger partial charge on any atom is -0.427 e. The molecule has 2 rings (SSSR count). The van der Waals surface area contributed by atoms with Gasteiger partial charge < -0.3 is 10.1 Å². The van der Waals surface area contributed by atoms with Gasteiger partial charge in [-0.25, -0.2) is 0 Å².